The number of aryl methyl sites for hydroxylation is 2. The lowest BCUT2D eigenvalue weighted by Crippen LogP contribution is -2.29. The van der Waals surface area contributed by atoms with E-state index >= 15 is 0 Å². The van der Waals surface area contributed by atoms with Gasteiger partial charge in [-0.15, -0.1) is 11.3 Å². The fourth-order valence-electron chi connectivity index (χ4n) is 2.10. The molecule has 0 aliphatic rings. The molecule has 0 aliphatic heterocycles. The van der Waals surface area contributed by atoms with Crippen LogP contribution in [0.5, 0.6) is 0 Å². The maximum absolute atomic E-state index is 13.0. The van der Waals surface area contributed by atoms with Crippen molar-refractivity contribution in [3.05, 3.63) is 45.4 Å². The number of rotatable bonds is 6. The Kier molecular flexibility index (Phi) is 5.36. The van der Waals surface area contributed by atoms with Crippen molar-refractivity contribution < 1.29 is 12.8 Å². The highest BCUT2D eigenvalue weighted by atomic mass is 32.2. The standard InChI is InChI=1S/C15H16FN3O2S2/c1-10-7-15(11(2)22-10)23(20,21)19-6-5-18-14-4-3-13(16)8-12(14)9-17/h3-4,7-8,18-19H,5-6H2,1-2H3. The van der Waals surface area contributed by atoms with Gasteiger partial charge in [-0.3, -0.25) is 0 Å². The molecule has 23 heavy (non-hydrogen) atoms. The lowest BCUT2D eigenvalue weighted by Gasteiger charge is -2.10. The number of halogens is 1. The fraction of sp³-hybridized carbons (Fsp3) is 0.267. The van der Waals surface area contributed by atoms with Crippen LogP contribution >= 0.6 is 11.3 Å². The third kappa shape index (κ3) is 4.28. The Hall–Kier alpha value is -1.95. The highest BCUT2D eigenvalue weighted by Crippen LogP contribution is 2.24. The van der Waals surface area contributed by atoms with Crippen molar-refractivity contribution in [2.75, 3.05) is 18.4 Å². The molecule has 1 aromatic heterocycles. The van der Waals surface area contributed by atoms with Crippen LogP contribution in [0.15, 0.2) is 29.2 Å². The van der Waals surface area contributed by atoms with Crippen molar-refractivity contribution in [1.82, 2.24) is 4.72 Å². The van der Waals surface area contributed by atoms with Crippen molar-refractivity contribution in [1.29, 1.82) is 5.26 Å². The van der Waals surface area contributed by atoms with Crippen LogP contribution in [0, 0.1) is 31.0 Å². The van der Waals surface area contributed by atoms with E-state index in [0.29, 0.717) is 10.6 Å². The molecule has 0 radical (unpaired) electrons. The monoisotopic (exact) mass is 353 g/mol. The summed E-state index contributed by atoms with van der Waals surface area (Å²) in [5.41, 5.74) is 0.646. The Labute approximate surface area is 138 Å². The first-order valence-electron chi connectivity index (χ1n) is 6.83. The first kappa shape index (κ1) is 17.4. The normalized spacial score (nSPS) is 11.2. The van der Waals surface area contributed by atoms with Gasteiger partial charge in [-0.05, 0) is 38.1 Å². The van der Waals surface area contributed by atoms with Crippen LogP contribution in [0.4, 0.5) is 10.1 Å². The van der Waals surface area contributed by atoms with Gasteiger partial charge in [0.1, 0.15) is 11.9 Å². The second kappa shape index (κ2) is 7.08. The highest BCUT2D eigenvalue weighted by Gasteiger charge is 2.18. The summed E-state index contributed by atoms with van der Waals surface area (Å²) >= 11 is 1.43. The average Bonchev–Trinajstić information content (AvgIpc) is 2.84. The molecule has 122 valence electrons. The molecular formula is C15H16FN3O2S2. The van der Waals surface area contributed by atoms with E-state index in [-0.39, 0.29) is 18.7 Å². The molecule has 0 fully saturated rings. The van der Waals surface area contributed by atoms with Gasteiger partial charge in [0, 0.05) is 22.8 Å². The van der Waals surface area contributed by atoms with Crippen molar-refractivity contribution in [2.45, 2.75) is 18.7 Å². The summed E-state index contributed by atoms with van der Waals surface area (Å²) in [6.45, 7) is 4.05. The molecule has 0 spiro atoms. The number of thiophene rings is 1. The van der Waals surface area contributed by atoms with Gasteiger partial charge in [-0.25, -0.2) is 17.5 Å². The molecule has 0 bridgehead atoms. The van der Waals surface area contributed by atoms with Gasteiger partial charge in [0.15, 0.2) is 0 Å². The minimum Gasteiger partial charge on any atom is -0.383 e. The van der Waals surface area contributed by atoms with Crippen LogP contribution in [-0.2, 0) is 10.0 Å². The SMILES string of the molecule is Cc1cc(S(=O)(=O)NCCNc2ccc(F)cc2C#N)c(C)s1. The molecule has 5 nitrogen and oxygen atoms in total. The number of hydrogen-bond donors (Lipinski definition) is 2. The van der Waals surface area contributed by atoms with Crippen LogP contribution in [0.25, 0.3) is 0 Å². The maximum atomic E-state index is 13.0. The predicted molar refractivity (Wildman–Crippen MR) is 88.6 cm³/mol. The number of nitrogens with zero attached hydrogens (tertiary/aromatic N) is 1. The minimum atomic E-state index is -3.55. The van der Waals surface area contributed by atoms with E-state index in [4.69, 9.17) is 5.26 Å². The van der Waals surface area contributed by atoms with E-state index in [1.165, 1.54) is 23.5 Å². The van der Waals surface area contributed by atoms with E-state index in [1.54, 1.807) is 13.0 Å². The zero-order valence-corrected chi connectivity index (χ0v) is 14.3. The van der Waals surface area contributed by atoms with E-state index in [2.05, 4.69) is 10.0 Å². The molecule has 2 rings (SSSR count). The molecule has 0 saturated carbocycles. The van der Waals surface area contributed by atoms with Gasteiger partial charge < -0.3 is 5.32 Å². The number of hydrogen-bond acceptors (Lipinski definition) is 5. The molecule has 1 aromatic carbocycles. The van der Waals surface area contributed by atoms with Crippen LogP contribution in [-0.4, -0.2) is 21.5 Å². The molecule has 0 saturated heterocycles. The second-order valence-corrected chi connectivity index (χ2v) is 8.10. The molecule has 0 unspecified atom stereocenters. The van der Waals surface area contributed by atoms with Crippen LogP contribution in [0.3, 0.4) is 0 Å². The molecule has 1 heterocycles. The zero-order chi connectivity index (χ0) is 17.0. The van der Waals surface area contributed by atoms with E-state index in [0.717, 1.165) is 15.8 Å². The van der Waals surface area contributed by atoms with Gasteiger partial charge in [-0.2, -0.15) is 5.26 Å². The Balaban J connectivity index is 1.96. The van der Waals surface area contributed by atoms with Crippen LogP contribution in [0.1, 0.15) is 15.3 Å². The summed E-state index contributed by atoms with van der Waals surface area (Å²) in [5.74, 6) is -0.490. The minimum absolute atomic E-state index is 0.152. The number of nitrogens with one attached hydrogen (secondary N) is 2. The smallest absolute Gasteiger partial charge is 0.241 e. The molecule has 0 atom stereocenters. The summed E-state index contributed by atoms with van der Waals surface area (Å²) in [6.07, 6.45) is 0. The van der Waals surface area contributed by atoms with Gasteiger partial charge in [0.05, 0.1) is 16.1 Å². The summed E-state index contributed by atoms with van der Waals surface area (Å²) in [7, 11) is -3.55. The van der Waals surface area contributed by atoms with Gasteiger partial charge in [0.25, 0.3) is 0 Å². The second-order valence-electron chi connectivity index (χ2n) is 4.90. The number of benzene rings is 1. The zero-order valence-electron chi connectivity index (χ0n) is 12.7. The molecule has 0 amide bonds. The first-order valence-corrected chi connectivity index (χ1v) is 9.13. The quantitative estimate of drug-likeness (QED) is 0.783. The third-order valence-corrected chi connectivity index (χ3v) is 5.80. The molecular weight excluding hydrogens is 337 g/mol. The van der Waals surface area contributed by atoms with Gasteiger partial charge in [-0.1, -0.05) is 0 Å². The lowest BCUT2D eigenvalue weighted by molar-refractivity contribution is 0.582. The molecule has 2 N–H and O–H groups in total. The van der Waals surface area contributed by atoms with Gasteiger partial charge >= 0.3 is 0 Å². The maximum Gasteiger partial charge on any atom is 0.241 e. The molecule has 0 aliphatic carbocycles. The summed E-state index contributed by atoms with van der Waals surface area (Å²) < 4.78 is 40.0. The summed E-state index contributed by atoms with van der Waals surface area (Å²) in [5, 5.41) is 11.9. The van der Waals surface area contributed by atoms with E-state index < -0.39 is 15.8 Å². The topological polar surface area (TPSA) is 82.0 Å². The van der Waals surface area contributed by atoms with E-state index in [1.807, 2.05) is 13.0 Å². The predicted octanol–water partition coefficient (Wildman–Crippen LogP) is 2.77. The fourth-order valence-corrected chi connectivity index (χ4v) is 4.68. The summed E-state index contributed by atoms with van der Waals surface area (Å²) in [6, 6.07) is 7.36. The molecule has 2 aromatic rings. The Morgan fingerprint density at radius 1 is 1.26 bits per heavy atom. The first-order chi connectivity index (χ1) is 10.8. The molecule has 8 heteroatoms. The van der Waals surface area contributed by atoms with Crippen LogP contribution in [0.2, 0.25) is 0 Å². The number of anilines is 1. The van der Waals surface area contributed by atoms with Crippen molar-refractivity contribution in [3.8, 4) is 6.07 Å². The Morgan fingerprint density at radius 2 is 2.00 bits per heavy atom. The third-order valence-electron chi connectivity index (χ3n) is 3.12. The average molecular weight is 353 g/mol. The van der Waals surface area contributed by atoms with Crippen LogP contribution < -0.4 is 10.0 Å². The van der Waals surface area contributed by atoms with Gasteiger partial charge in [0.2, 0.25) is 10.0 Å². The number of sulfonamides is 1. The Bertz CT molecular complexity index is 854. The van der Waals surface area contributed by atoms with Crippen molar-refractivity contribution in [3.63, 3.8) is 0 Å². The number of nitriles is 1. The highest BCUT2D eigenvalue weighted by molar-refractivity contribution is 7.89. The largest absolute Gasteiger partial charge is 0.383 e. The van der Waals surface area contributed by atoms with Crippen molar-refractivity contribution in [2.24, 2.45) is 0 Å². The van der Waals surface area contributed by atoms with E-state index in [9.17, 15) is 12.8 Å². The summed E-state index contributed by atoms with van der Waals surface area (Å²) in [4.78, 5) is 1.97. The Morgan fingerprint density at radius 3 is 2.61 bits per heavy atom. The van der Waals surface area contributed by atoms with Crippen molar-refractivity contribution >= 4 is 27.0 Å². The lowest BCUT2D eigenvalue weighted by atomic mass is 10.2.